The summed E-state index contributed by atoms with van der Waals surface area (Å²) in [5, 5.41) is 0.589. The van der Waals surface area contributed by atoms with Crippen molar-refractivity contribution in [1.82, 2.24) is 0 Å². The zero-order chi connectivity index (χ0) is 12.0. The maximum Gasteiger partial charge on any atom is 0.384 e. The van der Waals surface area contributed by atoms with Crippen LogP contribution in [0.5, 0.6) is 5.75 Å². The van der Waals surface area contributed by atoms with Crippen LogP contribution in [0.25, 0.3) is 0 Å². The number of esters is 1. The van der Waals surface area contributed by atoms with Gasteiger partial charge in [0.05, 0.1) is 7.11 Å². The number of methoxy groups -OCH3 is 1. The lowest BCUT2D eigenvalue weighted by atomic mass is 10.3. The van der Waals surface area contributed by atoms with Crippen LogP contribution < -0.4 is 4.74 Å². The fraction of sp³-hybridized carbons (Fsp3) is 0.250. The van der Waals surface area contributed by atoms with Crippen LogP contribution in [-0.4, -0.2) is 19.2 Å². The summed E-state index contributed by atoms with van der Waals surface area (Å²) in [6.45, 7) is 1.73. The molecule has 0 aliphatic rings. The Morgan fingerprint density at radius 1 is 1.50 bits per heavy atom. The molecule has 0 amide bonds. The van der Waals surface area contributed by atoms with E-state index < -0.39 is 12.1 Å². The molecule has 0 N–H and O–H groups in total. The first-order valence-electron chi connectivity index (χ1n) is 4.63. The first kappa shape index (κ1) is 12.4. The molecule has 1 aromatic carbocycles. The van der Waals surface area contributed by atoms with E-state index in [2.05, 4.69) is 16.6 Å². The average molecular weight is 239 g/mol. The molecule has 1 aromatic rings. The van der Waals surface area contributed by atoms with Crippen LogP contribution in [-0.2, 0) is 9.53 Å². The van der Waals surface area contributed by atoms with Crippen LogP contribution in [0.2, 0.25) is 5.02 Å². The van der Waals surface area contributed by atoms with Gasteiger partial charge in [0.15, 0.2) is 6.10 Å². The lowest BCUT2D eigenvalue weighted by molar-refractivity contribution is -0.133. The van der Waals surface area contributed by atoms with Gasteiger partial charge in [-0.05, 0) is 31.0 Å². The van der Waals surface area contributed by atoms with Gasteiger partial charge >= 0.3 is 5.97 Å². The molecule has 1 unspecified atom stereocenters. The van der Waals surface area contributed by atoms with E-state index in [0.29, 0.717) is 10.8 Å². The summed E-state index contributed by atoms with van der Waals surface area (Å²) in [5.74, 6) is 4.94. The van der Waals surface area contributed by atoms with E-state index >= 15 is 0 Å². The maximum absolute atomic E-state index is 10.8. The lowest BCUT2D eigenvalue weighted by Crippen LogP contribution is -2.09. The van der Waals surface area contributed by atoms with Gasteiger partial charge in [0.25, 0.3) is 0 Å². The molecule has 0 aliphatic heterocycles. The molecule has 0 bridgehead atoms. The van der Waals surface area contributed by atoms with Crippen molar-refractivity contribution in [3.63, 3.8) is 0 Å². The van der Waals surface area contributed by atoms with Gasteiger partial charge in [0.2, 0.25) is 0 Å². The first-order chi connectivity index (χ1) is 7.61. The van der Waals surface area contributed by atoms with Gasteiger partial charge in [0.1, 0.15) is 5.75 Å². The van der Waals surface area contributed by atoms with Crippen molar-refractivity contribution in [2.75, 3.05) is 7.11 Å². The fourth-order valence-electron chi connectivity index (χ4n) is 0.985. The van der Waals surface area contributed by atoms with E-state index in [1.54, 1.807) is 31.2 Å². The Labute approximate surface area is 99.3 Å². The molecule has 0 spiro atoms. The Morgan fingerprint density at radius 3 is 2.88 bits per heavy atom. The van der Waals surface area contributed by atoms with E-state index in [1.807, 2.05) is 0 Å². The smallest absolute Gasteiger partial charge is 0.384 e. The zero-order valence-electron chi connectivity index (χ0n) is 8.99. The first-order valence-corrected chi connectivity index (χ1v) is 5.01. The minimum atomic E-state index is -0.582. The molecule has 0 saturated carbocycles. The van der Waals surface area contributed by atoms with Crippen LogP contribution in [0.4, 0.5) is 0 Å². The largest absolute Gasteiger partial charge is 0.478 e. The van der Waals surface area contributed by atoms with Crippen LogP contribution >= 0.6 is 11.6 Å². The summed E-state index contributed by atoms with van der Waals surface area (Å²) in [4.78, 5) is 10.8. The standard InChI is InChI=1S/C12H11ClO3/c1-9(6-7-12(14)15-2)16-11-5-3-4-10(13)8-11/h3-5,8-9H,1-2H3. The zero-order valence-corrected chi connectivity index (χ0v) is 9.75. The van der Waals surface area contributed by atoms with Crippen molar-refractivity contribution in [3.8, 4) is 17.6 Å². The van der Waals surface area contributed by atoms with Crippen LogP contribution in [0.1, 0.15) is 6.92 Å². The highest BCUT2D eigenvalue weighted by atomic mass is 35.5. The van der Waals surface area contributed by atoms with Crippen LogP contribution in [0.15, 0.2) is 24.3 Å². The van der Waals surface area contributed by atoms with Crippen LogP contribution in [0, 0.1) is 11.8 Å². The van der Waals surface area contributed by atoms with E-state index in [9.17, 15) is 4.79 Å². The maximum atomic E-state index is 10.8. The highest BCUT2D eigenvalue weighted by Gasteiger charge is 2.01. The molecule has 0 aromatic heterocycles. The highest BCUT2D eigenvalue weighted by Crippen LogP contribution is 2.17. The topological polar surface area (TPSA) is 35.5 Å². The second-order valence-electron chi connectivity index (χ2n) is 2.98. The third-order valence-electron chi connectivity index (χ3n) is 1.67. The average Bonchev–Trinajstić information content (AvgIpc) is 2.26. The second-order valence-corrected chi connectivity index (χ2v) is 3.41. The van der Waals surface area contributed by atoms with Gasteiger partial charge in [-0.15, -0.1) is 0 Å². The Balaban J connectivity index is 2.60. The normalized spacial score (nSPS) is 10.9. The fourth-order valence-corrected chi connectivity index (χ4v) is 1.17. The minimum absolute atomic E-state index is 0.405. The molecule has 0 aliphatic carbocycles. The third kappa shape index (κ3) is 4.24. The molecule has 0 radical (unpaired) electrons. The van der Waals surface area contributed by atoms with Crippen molar-refractivity contribution < 1.29 is 14.3 Å². The highest BCUT2D eigenvalue weighted by molar-refractivity contribution is 6.30. The number of hydrogen-bond acceptors (Lipinski definition) is 3. The lowest BCUT2D eigenvalue weighted by Gasteiger charge is -2.08. The monoisotopic (exact) mass is 238 g/mol. The molecule has 84 valence electrons. The predicted octanol–water partition coefficient (Wildman–Crippen LogP) is 2.28. The van der Waals surface area contributed by atoms with Gasteiger partial charge in [-0.1, -0.05) is 17.7 Å². The summed E-state index contributed by atoms with van der Waals surface area (Å²) in [6.07, 6.45) is -0.405. The molecular weight excluding hydrogens is 228 g/mol. The molecule has 0 saturated heterocycles. The summed E-state index contributed by atoms with van der Waals surface area (Å²) in [7, 11) is 1.28. The predicted molar refractivity (Wildman–Crippen MR) is 61.3 cm³/mol. The molecule has 0 heterocycles. The van der Waals surface area contributed by atoms with Crippen molar-refractivity contribution in [2.45, 2.75) is 13.0 Å². The number of carbonyl (C=O) groups is 1. The van der Waals surface area contributed by atoms with Gasteiger partial charge in [-0.2, -0.15) is 0 Å². The van der Waals surface area contributed by atoms with E-state index in [-0.39, 0.29) is 0 Å². The van der Waals surface area contributed by atoms with E-state index in [4.69, 9.17) is 16.3 Å². The summed E-state index contributed by atoms with van der Waals surface area (Å²) >= 11 is 5.79. The van der Waals surface area contributed by atoms with Crippen molar-refractivity contribution in [3.05, 3.63) is 29.3 Å². The summed E-state index contributed by atoms with van der Waals surface area (Å²) in [5.41, 5.74) is 0. The second kappa shape index (κ2) is 6.04. The Kier molecular flexibility index (Phi) is 4.68. The van der Waals surface area contributed by atoms with Gasteiger partial charge in [0, 0.05) is 10.9 Å². The Morgan fingerprint density at radius 2 is 2.25 bits per heavy atom. The molecular formula is C12H11ClO3. The van der Waals surface area contributed by atoms with Gasteiger partial charge in [-0.3, -0.25) is 0 Å². The molecule has 16 heavy (non-hydrogen) atoms. The Hall–Kier alpha value is -1.66. The van der Waals surface area contributed by atoms with Gasteiger partial charge < -0.3 is 9.47 Å². The minimum Gasteiger partial charge on any atom is -0.478 e. The number of benzene rings is 1. The van der Waals surface area contributed by atoms with Crippen molar-refractivity contribution in [2.24, 2.45) is 0 Å². The number of rotatable bonds is 2. The number of carbonyl (C=O) groups excluding carboxylic acids is 1. The van der Waals surface area contributed by atoms with Crippen molar-refractivity contribution >= 4 is 17.6 Å². The Bertz CT molecular complexity index is 431. The number of ether oxygens (including phenoxy) is 2. The molecule has 3 nitrogen and oxygen atoms in total. The number of halogens is 1. The van der Waals surface area contributed by atoms with E-state index in [0.717, 1.165) is 0 Å². The van der Waals surface area contributed by atoms with Gasteiger partial charge in [-0.25, -0.2) is 4.79 Å². The number of hydrogen-bond donors (Lipinski definition) is 0. The molecule has 1 rings (SSSR count). The molecule has 4 heteroatoms. The quantitative estimate of drug-likeness (QED) is 0.451. The SMILES string of the molecule is COC(=O)C#CC(C)Oc1cccc(Cl)c1. The molecule has 1 atom stereocenters. The summed E-state index contributed by atoms with van der Waals surface area (Å²) in [6, 6.07) is 6.97. The third-order valence-corrected chi connectivity index (χ3v) is 1.91. The van der Waals surface area contributed by atoms with E-state index in [1.165, 1.54) is 7.11 Å². The van der Waals surface area contributed by atoms with Crippen LogP contribution in [0.3, 0.4) is 0 Å². The molecule has 0 fully saturated rings. The van der Waals surface area contributed by atoms with Crippen molar-refractivity contribution in [1.29, 1.82) is 0 Å². The summed E-state index contributed by atoms with van der Waals surface area (Å²) < 4.78 is 9.80.